The third kappa shape index (κ3) is 2.53. The quantitative estimate of drug-likeness (QED) is 0.687. The highest BCUT2D eigenvalue weighted by Gasteiger charge is 2.19. The highest BCUT2D eigenvalue weighted by Crippen LogP contribution is 2.16. The van der Waals surface area contributed by atoms with Crippen LogP contribution in [0, 0.1) is 0 Å². The molecule has 0 fully saturated rings. The van der Waals surface area contributed by atoms with Crippen LogP contribution in [0.4, 0.5) is 0 Å². The van der Waals surface area contributed by atoms with Crippen LogP contribution in [0.15, 0.2) is 44.7 Å². The van der Waals surface area contributed by atoms with Gasteiger partial charge in [0.25, 0.3) is 5.56 Å². The van der Waals surface area contributed by atoms with E-state index in [1.807, 2.05) is 6.07 Å². The SMILES string of the molecule is Cn1c(Br)nc2c1c(=O)n(C[C@@H](O)c1ccccc1)c(=O)n2C. The standard InChI is InChI=1S/C15H15BrN4O3/c1-18-11-12(17-14(18)16)19(2)15(23)20(13(11)22)8-10(21)9-6-4-3-5-7-9/h3-7,10,21H,8H2,1-2H3/t10-/m1/s1. The minimum Gasteiger partial charge on any atom is -0.387 e. The van der Waals surface area contributed by atoms with E-state index in [1.165, 1.54) is 4.57 Å². The summed E-state index contributed by atoms with van der Waals surface area (Å²) in [5.41, 5.74) is 0.272. The molecule has 0 radical (unpaired) electrons. The molecular formula is C15H15BrN4O3. The number of aryl methyl sites for hydroxylation is 2. The maximum atomic E-state index is 12.7. The number of aliphatic hydroxyl groups is 1. The fourth-order valence-electron chi connectivity index (χ4n) is 2.53. The van der Waals surface area contributed by atoms with Crippen molar-refractivity contribution < 1.29 is 5.11 Å². The van der Waals surface area contributed by atoms with Crippen LogP contribution in [-0.2, 0) is 20.6 Å². The Labute approximate surface area is 139 Å². The normalized spacial score (nSPS) is 12.7. The van der Waals surface area contributed by atoms with E-state index in [0.29, 0.717) is 21.5 Å². The van der Waals surface area contributed by atoms with Crippen LogP contribution in [0.2, 0.25) is 0 Å². The Kier molecular flexibility index (Phi) is 3.95. The number of aliphatic hydroxyl groups excluding tert-OH is 1. The molecule has 23 heavy (non-hydrogen) atoms. The highest BCUT2D eigenvalue weighted by atomic mass is 79.9. The molecule has 7 nitrogen and oxygen atoms in total. The number of imidazole rings is 1. The van der Waals surface area contributed by atoms with Gasteiger partial charge in [0, 0.05) is 14.1 Å². The van der Waals surface area contributed by atoms with Crippen LogP contribution >= 0.6 is 15.9 Å². The van der Waals surface area contributed by atoms with E-state index in [9.17, 15) is 14.7 Å². The van der Waals surface area contributed by atoms with E-state index in [0.717, 1.165) is 4.57 Å². The molecule has 8 heteroatoms. The van der Waals surface area contributed by atoms with Crippen LogP contribution in [0.25, 0.3) is 11.2 Å². The molecule has 0 saturated carbocycles. The van der Waals surface area contributed by atoms with Crippen molar-refractivity contribution in [2.45, 2.75) is 12.6 Å². The molecule has 3 aromatic rings. The third-order valence-corrected chi connectivity index (χ3v) is 4.55. The van der Waals surface area contributed by atoms with Gasteiger partial charge in [-0.25, -0.2) is 9.78 Å². The summed E-state index contributed by atoms with van der Waals surface area (Å²) in [4.78, 5) is 29.3. The van der Waals surface area contributed by atoms with Gasteiger partial charge in [-0.1, -0.05) is 30.3 Å². The average Bonchev–Trinajstić information content (AvgIpc) is 2.86. The Balaban J connectivity index is 2.17. The van der Waals surface area contributed by atoms with Crippen molar-refractivity contribution in [3.8, 4) is 0 Å². The van der Waals surface area contributed by atoms with Gasteiger partial charge in [0.2, 0.25) is 0 Å². The van der Waals surface area contributed by atoms with E-state index in [4.69, 9.17) is 0 Å². The summed E-state index contributed by atoms with van der Waals surface area (Å²) in [6.07, 6.45) is -0.948. The van der Waals surface area contributed by atoms with Crippen LogP contribution in [0.3, 0.4) is 0 Å². The molecule has 2 aromatic heterocycles. The van der Waals surface area contributed by atoms with Gasteiger partial charge in [0.05, 0.1) is 12.6 Å². The van der Waals surface area contributed by atoms with Gasteiger partial charge in [0.15, 0.2) is 15.9 Å². The van der Waals surface area contributed by atoms with Crippen LogP contribution < -0.4 is 11.2 Å². The lowest BCUT2D eigenvalue weighted by Gasteiger charge is -2.13. The molecule has 0 aliphatic heterocycles. The van der Waals surface area contributed by atoms with Gasteiger partial charge in [-0.2, -0.15) is 0 Å². The second kappa shape index (κ2) is 5.78. The maximum absolute atomic E-state index is 12.7. The number of rotatable bonds is 3. The monoisotopic (exact) mass is 378 g/mol. The maximum Gasteiger partial charge on any atom is 0.332 e. The molecule has 120 valence electrons. The van der Waals surface area contributed by atoms with E-state index in [-0.39, 0.29) is 6.54 Å². The first kappa shape index (κ1) is 15.7. The van der Waals surface area contributed by atoms with E-state index in [1.54, 1.807) is 42.9 Å². The molecule has 0 amide bonds. The van der Waals surface area contributed by atoms with Gasteiger partial charge in [-0.3, -0.25) is 13.9 Å². The Hall–Kier alpha value is -2.19. The van der Waals surface area contributed by atoms with Gasteiger partial charge < -0.3 is 9.67 Å². The zero-order valence-electron chi connectivity index (χ0n) is 12.6. The second-order valence-corrected chi connectivity index (χ2v) is 6.01. The topological polar surface area (TPSA) is 82.1 Å². The summed E-state index contributed by atoms with van der Waals surface area (Å²) >= 11 is 3.25. The Morgan fingerprint density at radius 2 is 1.83 bits per heavy atom. The minimum atomic E-state index is -0.948. The summed E-state index contributed by atoms with van der Waals surface area (Å²) in [7, 11) is 3.23. The molecule has 0 aliphatic carbocycles. The largest absolute Gasteiger partial charge is 0.387 e. The van der Waals surface area contributed by atoms with Crippen molar-refractivity contribution in [2.75, 3.05) is 0 Å². The fraction of sp³-hybridized carbons (Fsp3) is 0.267. The summed E-state index contributed by atoms with van der Waals surface area (Å²) in [5, 5.41) is 10.3. The lowest BCUT2D eigenvalue weighted by atomic mass is 10.1. The van der Waals surface area contributed by atoms with Crippen molar-refractivity contribution in [2.24, 2.45) is 14.1 Å². The molecule has 0 spiro atoms. The summed E-state index contributed by atoms with van der Waals surface area (Å²) in [5.74, 6) is 0. The molecule has 1 aromatic carbocycles. The van der Waals surface area contributed by atoms with Crippen molar-refractivity contribution >= 4 is 27.1 Å². The average molecular weight is 379 g/mol. The number of halogens is 1. The summed E-state index contributed by atoms with van der Waals surface area (Å²) < 4.78 is 4.37. The molecule has 0 aliphatic rings. The fourth-order valence-corrected chi connectivity index (χ4v) is 2.88. The predicted octanol–water partition coefficient (Wildman–Crippen LogP) is 0.930. The smallest absolute Gasteiger partial charge is 0.332 e. The van der Waals surface area contributed by atoms with Gasteiger partial charge in [-0.15, -0.1) is 0 Å². The lowest BCUT2D eigenvalue weighted by molar-refractivity contribution is 0.153. The van der Waals surface area contributed by atoms with Crippen molar-refractivity contribution in [1.29, 1.82) is 0 Å². The van der Waals surface area contributed by atoms with Crippen molar-refractivity contribution in [1.82, 2.24) is 18.7 Å². The van der Waals surface area contributed by atoms with E-state index >= 15 is 0 Å². The molecule has 0 unspecified atom stereocenters. The first-order valence-electron chi connectivity index (χ1n) is 6.96. The Bertz CT molecular complexity index is 988. The minimum absolute atomic E-state index is 0.117. The number of benzene rings is 1. The Morgan fingerprint density at radius 1 is 1.17 bits per heavy atom. The van der Waals surface area contributed by atoms with Gasteiger partial charge in [0.1, 0.15) is 0 Å². The van der Waals surface area contributed by atoms with Gasteiger partial charge >= 0.3 is 5.69 Å². The zero-order valence-corrected chi connectivity index (χ0v) is 14.2. The third-order valence-electron chi connectivity index (χ3n) is 3.85. The molecular weight excluding hydrogens is 364 g/mol. The second-order valence-electron chi connectivity index (χ2n) is 5.30. The van der Waals surface area contributed by atoms with Crippen molar-refractivity contribution in [3.63, 3.8) is 0 Å². The van der Waals surface area contributed by atoms with Crippen LogP contribution in [0.1, 0.15) is 11.7 Å². The number of nitrogens with zero attached hydrogens (tertiary/aromatic N) is 4. The number of hydrogen-bond acceptors (Lipinski definition) is 4. The molecule has 3 rings (SSSR count). The summed E-state index contributed by atoms with van der Waals surface area (Å²) in [6, 6.07) is 8.92. The lowest BCUT2D eigenvalue weighted by Crippen LogP contribution is -2.40. The highest BCUT2D eigenvalue weighted by molar-refractivity contribution is 9.10. The molecule has 1 atom stereocenters. The first-order chi connectivity index (χ1) is 10.9. The number of hydrogen-bond donors (Lipinski definition) is 1. The number of aromatic nitrogens is 4. The zero-order chi connectivity index (χ0) is 16.7. The number of fused-ring (bicyclic) bond motifs is 1. The molecule has 2 heterocycles. The van der Waals surface area contributed by atoms with E-state index < -0.39 is 17.4 Å². The van der Waals surface area contributed by atoms with Gasteiger partial charge in [-0.05, 0) is 21.5 Å². The summed E-state index contributed by atoms with van der Waals surface area (Å²) in [6.45, 7) is -0.117. The van der Waals surface area contributed by atoms with E-state index in [2.05, 4.69) is 20.9 Å². The Morgan fingerprint density at radius 3 is 2.48 bits per heavy atom. The van der Waals surface area contributed by atoms with Crippen molar-refractivity contribution in [3.05, 3.63) is 61.5 Å². The molecule has 0 saturated heterocycles. The predicted molar refractivity (Wildman–Crippen MR) is 89.3 cm³/mol. The first-order valence-corrected chi connectivity index (χ1v) is 7.76. The molecule has 0 bridgehead atoms. The van der Waals surface area contributed by atoms with Crippen LogP contribution in [-0.4, -0.2) is 23.8 Å². The van der Waals surface area contributed by atoms with Crippen LogP contribution in [0.5, 0.6) is 0 Å². The molecule has 1 N–H and O–H groups in total.